The van der Waals surface area contributed by atoms with Crippen molar-refractivity contribution in [2.75, 3.05) is 19.6 Å². The van der Waals surface area contributed by atoms with E-state index in [1.54, 1.807) is 11.3 Å². The normalized spacial score (nSPS) is 19.5. The maximum absolute atomic E-state index is 11.3. The average molecular weight is 239 g/mol. The van der Waals surface area contributed by atoms with Crippen LogP contribution in [0.2, 0.25) is 0 Å². The molecule has 1 saturated heterocycles. The summed E-state index contributed by atoms with van der Waals surface area (Å²) in [6.07, 6.45) is 3.70. The fraction of sp³-hybridized carbons (Fsp3) is 0.583. The first kappa shape index (κ1) is 11.6. The number of likely N-dealkylation sites (tertiary alicyclic amines) is 1. The van der Waals surface area contributed by atoms with Gasteiger partial charge in [0.2, 0.25) is 0 Å². The molecule has 3 nitrogen and oxygen atoms in total. The van der Waals surface area contributed by atoms with Gasteiger partial charge in [0.25, 0.3) is 0 Å². The van der Waals surface area contributed by atoms with Crippen molar-refractivity contribution in [3.05, 3.63) is 22.4 Å². The van der Waals surface area contributed by atoms with E-state index in [1.807, 2.05) is 17.5 Å². The second-order valence-corrected chi connectivity index (χ2v) is 5.25. The van der Waals surface area contributed by atoms with Gasteiger partial charge in [0.05, 0.1) is 0 Å². The first-order valence-corrected chi connectivity index (χ1v) is 6.64. The van der Waals surface area contributed by atoms with Crippen LogP contribution < -0.4 is 0 Å². The number of piperidine rings is 1. The predicted octanol–water partition coefficient (Wildman–Crippen LogP) is 2.40. The van der Waals surface area contributed by atoms with Gasteiger partial charge in [-0.1, -0.05) is 12.5 Å². The van der Waals surface area contributed by atoms with Gasteiger partial charge in [-0.25, -0.2) is 0 Å². The van der Waals surface area contributed by atoms with Crippen LogP contribution in [0.1, 0.15) is 30.1 Å². The van der Waals surface area contributed by atoms with Crippen LogP contribution in [-0.2, 0) is 4.79 Å². The molecule has 2 rings (SSSR count). The van der Waals surface area contributed by atoms with Gasteiger partial charge in [-0.15, -0.1) is 11.3 Å². The molecule has 1 aliphatic heterocycles. The molecule has 1 fully saturated rings. The molecule has 2 heterocycles. The molecule has 16 heavy (non-hydrogen) atoms. The smallest absolute Gasteiger partial charge is 0.313 e. The molecule has 1 aromatic rings. The fourth-order valence-corrected chi connectivity index (χ4v) is 2.99. The van der Waals surface area contributed by atoms with Crippen LogP contribution >= 0.6 is 11.3 Å². The molecule has 0 spiro atoms. The number of hydrogen-bond acceptors (Lipinski definition) is 3. The molecule has 1 aromatic heterocycles. The van der Waals surface area contributed by atoms with Crippen molar-refractivity contribution in [1.29, 1.82) is 0 Å². The summed E-state index contributed by atoms with van der Waals surface area (Å²) < 4.78 is 0. The number of nitrogens with zero attached hydrogens (tertiary/aromatic N) is 1. The fourth-order valence-electron chi connectivity index (χ4n) is 2.18. The van der Waals surface area contributed by atoms with Gasteiger partial charge in [-0.2, -0.15) is 0 Å². The van der Waals surface area contributed by atoms with Crippen molar-refractivity contribution in [1.82, 2.24) is 4.90 Å². The van der Waals surface area contributed by atoms with E-state index in [1.165, 1.54) is 19.3 Å². The number of aliphatic carboxylic acids is 1. The van der Waals surface area contributed by atoms with Crippen LogP contribution in [0.4, 0.5) is 0 Å². The van der Waals surface area contributed by atoms with E-state index < -0.39 is 5.97 Å². The van der Waals surface area contributed by atoms with Crippen LogP contribution in [-0.4, -0.2) is 35.6 Å². The lowest BCUT2D eigenvalue weighted by Gasteiger charge is -2.28. The van der Waals surface area contributed by atoms with Crippen molar-refractivity contribution in [3.8, 4) is 0 Å². The zero-order chi connectivity index (χ0) is 11.4. The molecular weight excluding hydrogens is 222 g/mol. The summed E-state index contributed by atoms with van der Waals surface area (Å²) in [5.41, 5.74) is 0. The average Bonchev–Trinajstić information content (AvgIpc) is 2.80. The summed E-state index contributed by atoms with van der Waals surface area (Å²) in [6.45, 7) is 2.76. The molecule has 0 aromatic carbocycles. The molecule has 0 bridgehead atoms. The minimum Gasteiger partial charge on any atom is -0.481 e. The third-order valence-corrected chi connectivity index (χ3v) is 4.06. The highest BCUT2D eigenvalue weighted by molar-refractivity contribution is 7.10. The highest BCUT2D eigenvalue weighted by Gasteiger charge is 2.24. The molecule has 1 aliphatic rings. The molecule has 88 valence electrons. The van der Waals surface area contributed by atoms with Gasteiger partial charge in [-0.3, -0.25) is 4.79 Å². The number of rotatable bonds is 4. The third-order valence-electron chi connectivity index (χ3n) is 3.07. The SMILES string of the molecule is O=C(O)C(CN1CCCCC1)c1cccs1. The van der Waals surface area contributed by atoms with Crippen LogP contribution in [0, 0.1) is 0 Å². The number of hydrogen-bond donors (Lipinski definition) is 1. The van der Waals surface area contributed by atoms with Crippen LogP contribution in [0.3, 0.4) is 0 Å². The van der Waals surface area contributed by atoms with E-state index in [2.05, 4.69) is 4.90 Å². The number of carboxylic acids is 1. The van der Waals surface area contributed by atoms with E-state index in [0.29, 0.717) is 6.54 Å². The lowest BCUT2D eigenvalue weighted by Crippen LogP contribution is -2.35. The maximum Gasteiger partial charge on any atom is 0.313 e. The lowest BCUT2D eigenvalue weighted by atomic mass is 10.0. The Labute approximate surface area is 99.7 Å². The van der Waals surface area contributed by atoms with Gasteiger partial charge in [0.1, 0.15) is 5.92 Å². The van der Waals surface area contributed by atoms with Gasteiger partial charge in [-0.05, 0) is 37.4 Å². The lowest BCUT2D eigenvalue weighted by molar-refractivity contribution is -0.139. The quantitative estimate of drug-likeness (QED) is 0.877. The molecule has 0 amide bonds. The van der Waals surface area contributed by atoms with E-state index in [-0.39, 0.29) is 5.92 Å². The van der Waals surface area contributed by atoms with E-state index >= 15 is 0 Å². The van der Waals surface area contributed by atoms with Gasteiger partial charge < -0.3 is 10.0 Å². The molecule has 1 unspecified atom stereocenters. The standard InChI is InChI=1S/C12H17NO2S/c14-12(15)10(11-5-4-8-16-11)9-13-6-2-1-3-7-13/h4-5,8,10H,1-3,6-7,9H2,(H,14,15). The largest absolute Gasteiger partial charge is 0.481 e. The second kappa shape index (κ2) is 5.46. The molecule has 1 N–H and O–H groups in total. The zero-order valence-corrected chi connectivity index (χ0v) is 10.1. The number of carboxylic acid groups (broad SMARTS) is 1. The van der Waals surface area contributed by atoms with Gasteiger partial charge >= 0.3 is 5.97 Å². The summed E-state index contributed by atoms with van der Waals surface area (Å²) in [4.78, 5) is 14.5. The Balaban J connectivity index is 2.00. The summed E-state index contributed by atoms with van der Waals surface area (Å²) in [5, 5.41) is 11.2. The second-order valence-electron chi connectivity index (χ2n) is 4.27. The summed E-state index contributed by atoms with van der Waals surface area (Å²) >= 11 is 1.54. The predicted molar refractivity (Wildman–Crippen MR) is 65.0 cm³/mol. The molecule has 0 radical (unpaired) electrons. The van der Waals surface area contributed by atoms with Crippen molar-refractivity contribution in [2.45, 2.75) is 25.2 Å². The molecule has 0 saturated carbocycles. The molecule has 1 atom stereocenters. The molecule has 0 aliphatic carbocycles. The van der Waals surface area contributed by atoms with Crippen LogP contribution in [0.15, 0.2) is 17.5 Å². The van der Waals surface area contributed by atoms with E-state index in [0.717, 1.165) is 18.0 Å². The monoisotopic (exact) mass is 239 g/mol. The van der Waals surface area contributed by atoms with E-state index in [4.69, 9.17) is 0 Å². The highest BCUT2D eigenvalue weighted by atomic mass is 32.1. The number of thiophene rings is 1. The van der Waals surface area contributed by atoms with Gasteiger partial charge in [0.15, 0.2) is 0 Å². The molecular formula is C12H17NO2S. The summed E-state index contributed by atoms with van der Waals surface area (Å²) in [6, 6.07) is 3.85. The van der Waals surface area contributed by atoms with Crippen molar-refractivity contribution in [3.63, 3.8) is 0 Å². The highest BCUT2D eigenvalue weighted by Crippen LogP contribution is 2.24. The van der Waals surface area contributed by atoms with Crippen molar-refractivity contribution < 1.29 is 9.90 Å². The first-order chi connectivity index (χ1) is 7.77. The molecule has 4 heteroatoms. The Morgan fingerprint density at radius 2 is 2.19 bits per heavy atom. The first-order valence-electron chi connectivity index (χ1n) is 5.76. The van der Waals surface area contributed by atoms with E-state index in [9.17, 15) is 9.90 Å². The summed E-state index contributed by atoms with van der Waals surface area (Å²) in [5.74, 6) is -1.05. The Morgan fingerprint density at radius 1 is 1.44 bits per heavy atom. The zero-order valence-electron chi connectivity index (χ0n) is 9.26. The topological polar surface area (TPSA) is 40.5 Å². The van der Waals surface area contributed by atoms with Crippen molar-refractivity contribution >= 4 is 17.3 Å². The Bertz CT molecular complexity index is 331. The minimum atomic E-state index is -0.701. The Kier molecular flexibility index (Phi) is 3.96. The third kappa shape index (κ3) is 2.83. The van der Waals surface area contributed by atoms with Crippen LogP contribution in [0.25, 0.3) is 0 Å². The van der Waals surface area contributed by atoms with Crippen LogP contribution in [0.5, 0.6) is 0 Å². The van der Waals surface area contributed by atoms with Gasteiger partial charge in [0, 0.05) is 11.4 Å². The Hall–Kier alpha value is -0.870. The Morgan fingerprint density at radius 3 is 2.75 bits per heavy atom. The number of carbonyl (C=O) groups is 1. The van der Waals surface area contributed by atoms with Crippen molar-refractivity contribution in [2.24, 2.45) is 0 Å². The maximum atomic E-state index is 11.3. The minimum absolute atomic E-state index is 0.349. The summed E-state index contributed by atoms with van der Waals surface area (Å²) in [7, 11) is 0.